The van der Waals surface area contributed by atoms with Crippen molar-refractivity contribution in [3.05, 3.63) is 41.5 Å². The minimum Gasteiger partial charge on any atom is -0.377 e. The first-order valence-corrected chi connectivity index (χ1v) is 5.88. The average Bonchev–Trinajstić information content (AvgIpc) is 2.67. The molecule has 0 saturated carbocycles. The van der Waals surface area contributed by atoms with Gasteiger partial charge in [-0.05, 0) is 25.5 Å². The molecule has 0 aliphatic rings. The van der Waals surface area contributed by atoms with Gasteiger partial charge in [0.25, 0.3) is 0 Å². The van der Waals surface area contributed by atoms with E-state index in [4.69, 9.17) is 0 Å². The zero-order chi connectivity index (χ0) is 12.3. The van der Waals surface area contributed by atoms with Crippen molar-refractivity contribution in [2.75, 3.05) is 5.32 Å². The zero-order valence-corrected chi connectivity index (χ0v) is 10.6. The Balaban J connectivity index is 2.06. The van der Waals surface area contributed by atoms with E-state index in [-0.39, 0.29) is 0 Å². The first kappa shape index (κ1) is 11.6. The molecule has 2 aromatic heterocycles. The normalized spacial score (nSPS) is 10.5. The van der Waals surface area contributed by atoms with Gasteiger partial charge in [-0.2, -0.15) is 5.10 Å². The summed E-state index contributed by atoms with van der Waals surface area (Å²) in [6.07, 6.45) is 2.94. The fourth-order valence-electron chi connectivity index (χ4n) is 1.83. The molecule has 0 aromatic carbocycles. The highest BCUT2D eigenvalue weighted by Gasteiger charge is 2.05. The number of nitrogens with zero attached hydrogens (tertiary/aromatic N) is 3. The third kappa shape index (κ3) is 2.84. The second kappa shape index (κ2) is 4.99. The maximum Gasteiger partial charge on any atom is 0.0853 e. The Hall–Kier alpha value is -1.84. The van der Waals surface area contributed by atoms with Gasteiger partial charge in [-0.3, -0.25) is 9.67 Å². The van der Waals surface area contributed by atoms with Crippen LogP contribution >= 0.6 is 0 Å². The Labute approximate surface area is 102 Å². The molecule has 2 aromatic rings. The van der Waals surface area contributed by atoms with Crippen LogP contribution in [0.15, 0.2) is 24.4 Å². The van der Waals surface area contributed by atoms with Crippen LogP contribution in [0.4, 0.5) is 5.69 Å². The van der Waals surface area contributed by atoms with Gasteiger partial charge in [0.2, 0.25) is 0 Å². The molecule has 0 fully saturated rings. The maximum atomic E-state index is 4.46. The fourth-order valence-corrected chi connectivity index (χ4v) is 1.83. The Bertz CT molecular complexity index is 502. The second-order valence-corrected chi connectivity index (χ2v) is 4.14. The minimum atomic E-state index is 0.736. The standard InChI is InChI=1S/C13H18N4/c1-4-12-13(9-17(3)16-12)14-8-11-7-5-6-10(2)15-11/h5-7,9,14H,4,8H2,1-3H3. The SMILES string of the molecule is CCc1nn(C)cc1NCc1cccc(C)n1. The van der Waals surface area contributed by atoms with Crippen molar-refractivity contribution >= 4 is 5.69 Å². The van der Waals surface area contributed by atoms with E-state index in [9.17, 15) is 0 Å². The monoisotopic (exact) mass is 230 g/mol. The first-order valence-electron chi connectivity index (χ1n) is 5.88. The molecule has 0 saturated heterocycles. The molecule has 2 heterocycles. The average molecular weight is 230 g/mol. The highest BCUT2D eigenvalue weighted by atomic mass is 15.3. The Morgan fingerprint density at radius 3 is 2.88 bits per heavy atom. The van der Waals surface area contributed by atoms with Gasteiger partial charge in [-0.15, -0.1) is 0 Å². The highest BCUT2D eigenvalue weighted by molar-refractivity contribution is 5.46. The van der Waals surface area contributed by atoms with Crippen LogP contribution in [-0.4, -0.2) is 14.8 Å². The number of aromatic nitrogens is 3. The maximum absolute atomic E-state index is 4.46. The van der Waals surface area contributed by atoms with Crippen molar-refractivity contribution in [1.82, 2.24) is 14.8 Å². The van der Waals surface area contributed by atoms with Crippen LogP contribution in [-0.2, 0) is 20.0 Å². The smallest absolute Gasteiger partial charge is 0.0853 e. The summed E-state index contributed by atoms with van der Waals surface area (Å²) >= 11 is 0. The van der Waals surface area contributed by atoms with E-state index in [0.29, 0.717) is 0 Å². The van der Waals surface area contributed by atoms with E-state index >= 15 is 0 Å². The van der Waals surface area contributed by atoms with E-state index < -0.39 is 0 Å². The molecule has 4 nitrogen and oxygen atoms in total. The number of anilines is 1. The third-order valence-electron chi connectivity index (χ3n) is 2.65. The molecule has 0 bridgehead atoms. The summed E-state index contributed by atoms with van der Waals surface area (Å²) in [7, 11) is 1.94. The molecule has 0 unspecified atom stereocenters. The molecule has 1 N–H and O–H groups in total. The first-order chi connectivity index (χ1) is 8.19. The Morgan fingerprint density at radius 2 is 2.18 bits per heavy atom. The van der Waals surface area contributed by atoms with E-state index in [2.05, 4.69) is 22.3 Å². The lowest BCUT2D eigenvalue weighted by Crippen LogP contribution is -2.03. The molecule has 90 valence electrons. The van der Waals surface area contributed by atoms with Crippen molar-refractivity contribution in [2.24, 2.45) is 7.05 Å². The van der Waals surface area contributed by atoms with Crippen LogP contribution in [0.2, 0.25) is 0 Å². The van der Waals surface area contributed by atoms with Crippen LogP contribution in [0.3, 0.4) is 0 Å². The Morgan fingerprint density at radius 1 is 1.35 bits per heavy atom. The van der Waals surface area contributed by atoms with Crippen LogP contribution < -0.4 is 5.32 Å². The van der Waals surface area contributed by atoms with Crippen LogP contribution in [0.5, 0.6) is 0 Å². The molecule has 0 radical (unpaired) electrons. The predicted molar refractivity (Wildman–Crippen MR) is 68.9 cm³/mol. The zero-order valence-electron chi connectivity index (χ0n) is 10.6. The molecule has 2 rings (SSSR count). The largest absolute Gasteiger partial charge is 0.377 e. The molecule has 0 aliphatic carbocycles. The molecule has 0 aliphatic heterocycles. The van der Waals surface area contributed by atoms with E-state index in [1.165, 1.54) is 0 Å². The van der Waals surface area contributed by atoms with E-state index in [1.807, 2.05) is 43.0 Å². The summed E-state index contributed by atoms with van der Waals surface area (Å²) < 4.78 is 1.84. The molecular formula is C13H18N4. The quantitative estimate of drug-likeness (QED) is 0.876. The van der Waals surface area contributed by atoms with Crippen LogP contribution in [0.1, 0.15) is 24.0 Å². The Kier molecular flexibility index (Phi) is 3.42. The number of hydrogen-bond acceptors (Lipinski definition) is 3. The molecule has 4 heteroatoms. The van der Waals surface area contributed by atoms with Gasteiger partial charge in [0, 0.05) is 18.9 Å². The minimum absolute atomic E-state index is 0.736. The van der Waals surface area contributed by atoms with Gasteiger partial charge < -0.3 is 5.32 Å². The van der Waals surface area contributed by atoms with Crippen molar-refractivity contribution in [3.63, 3.8) is 0 Å². The predicted octanol–water partition coefficient (Wildman–Crippen LogP) is 2.30. The van der Waals surface area contributed by atoms with Gasteiger partial charge in [0.05, 0.1) is 23.6 Å². The van der Waals surface area contributed by atoms with Gasteiger partial charge in [-0.25, -0.2) is 0 Å². The lowest BCUT2D eigenvalue weighted by Gasteiger charge is -2.05. The molecule has 0 amide bonds. The van der Waals surface area contributed by atoms with Gasteiger partial charge in [-0.1, -0.05) is 13.0 Å². The van der Waals surface area contributed by atoms with Crippen molar-refractivity contribution in [2.45, 2.75) is 26.8 Å². The number of rotatable bonds is 4. The summed E-state index contributed by atoms with van der Waals surface area (Å²) in [5.74, 6) is 0. The summed E-state index contributed by atoms with van der Waals surface area (Å²) in [6, 6.07) is 6.07. The van der Waals surface area contributed by atoms with Crippen molar-refractivity contribution in [1.29, 1.82) is 0 Å². The van der Waals surface area contributed by atoms with Gasteiger partial charge >= 0.3 is 0 Å². The summed E-state index contributed by atoms with van der Waals surface area (Å²) in [6.45, 7) is 4.85. The third-order valence-corrected chi connectivity index (χ3v) is 2.65. The fraction of sp³-hybridized carbons (Fsp3) is 0.385. The van der Waals surface area contributed by atoms with Crippen LogP contribution in [0, 0.1) is 6.92 Å². The lowest BCUT2D eigenvalue weighted by atomic mass is 10.2. The van der Waals surface area contributed by atoms with E-state index in [1.54, 1.807) is 0 Å². The molecule has 17 heavy (non-hydrogen) atoms. The summed E-state index contributed by atoms with van der Waals surface area (Å²) in [4.78, 5) is 4.46. The number of hydrogen-bond donors (Lipinski definition) is 1. The number of aryl methyl sites for hydroxylation is 3. The summed E-state index contributed by atoms with van der Waals surface area (Å²) in [5.41, 5.74) is 4.29. The second-order valence-electron chi connectivity index (χ2n) is 4.14. The summed E-state index contributed by atoms with van der Waals surface area (Å²) in [5, 5.41) is 7.78. The molecule has 0 atom stereocenters. The van der Waals surface area contributed by atoms with Gasteiger partial charge in [0.15, 0.2) is 0 Å². The number of nitrogens with one attached hydrogen (secondary N) is 1. The lowest BCUT2D eigenvalue weighted by molar-refractivity contribution is 0.746. The highest BCUT2D eigenvalue weighted by Crippen LogP contribution is 2.14. The van der Waals surface area contributed by atoms with Gasteiger partial charge in [0.1, 0.15) is 0 Å². The molecular weight excluding hydrogens is 212 g/mol. The van der Waals surface area contributed by atoms with Crippen molar-refractivity contribution in [3.8, 4) is 0 Å². The molecule has 0 spiro atoms. The van der Waals surface area contributed by atoms with E-state index in [0.717, 1.165) is 35.7 Å². The van der Waals surface area contributed by atoms with Crippen molar-refractivity contribution < 1.29 is 0 Å². The topological polar surface area (TPSA) is 42.7 Å². The number of pyridine rings is 1. The van der Waals surface area contributed by atoms with Crippen LogP contribution in [0.25, 0.3) is 0 Å².